The summed E-state index contributed by atoms with van der Waals surface area (Å²) >= 11 is 0. The summed E-state index contributed by atoms with van der Waals surface area (Å²) in [7, 11) is -7.84. The minimum absolute atomic E-state index is 0.0323. The molecule has 11 heteroatoms. The highest BCUT2D eigenvalue weighted by Gasteiger charge is 2.24. The molecular weight excluding hydrogens is 562 g/mol. The monoisotopic (exact) mass is 593 g/mol. The van der Waals surface area contributed by atoms with Crippen LogP contribution in [0.3, 0.4) is 0 Å². The molecule has 9 nitrogen and oxygen atoms in total. The normalized spacial score (nSPS) is 12.5. The van der Waals surface area contributed by atoms with Crippen LogP contribution in [0.4, 0.5) is 5.69 Å². The molecule has 1 amide bonds. The molecule has 0 radical (unpaired) electrons. The highest BCUT2D eigenvalue weighted by Crippen LogP contribution is 2.22. The fourth-order valence-electron chi connectivity index (χ4n) is 4.21. The topological polar surface area (TPSA) is 139 Å². The average molecular weight is 594 g/mol. The van der Waals surface area contributed by atoms with Crippen molar-refractivity contribution in [2.75, 3.05) is 11.3 Å². The van der Waals surface area contributed by atoms with Gasteiger partial charge in [0.15, 0.2) is 5.78 Å². The van der Waals surface area contributed by atoms with E-state index in [9.17, 15) is 26.4 Å². The van der Waals surface area contributed by atoms with E-state index >= 15 is 0 Å². The van der Waals surface area contributed by atoms with Gasteiger partial charge in [0.1, 0.15) is 0 Å². The number of unbranched alkanes of at least 4 members (excludes halogenated alkanes) is 1. The number of carbonyl (C=O) groups is 2. The lowest BCUT2D eigenvalue weighted by molar-refractivity contribution is -0.120. The van der Waals surface area contributed by atoms with Gasteiger partial charge in [-0.25, -0.2) is 21.6 Å². The Bertz CT molecular complexity index is 1760. The quantitative estimate of drug-likeness (QED) is 0.209. The predicted octanol–water partition coefficient (Wildman–Crippen LogP) is 4.48. The van der Waals surface area contributed by atoms with E-state index in [1.165, 1.54) is 42.5 Å². The third kappa shape index (κ3) is 7.78. The number of amides is 1. The summed E-state index contributed by atoms with van der Waals surface area (Å²) in [4.78, 5) is 26.2. The molecule has 0 aliphatic rings. The molecule has 4 aromatic rings. The Hall–Kier alpha value is -4.06. The summed E-state index contributed by atoms with van der Waals surface area (Å²) in [5.41, 5.74) is 0.320. The van der Waals surface area contributed by atoms with Crippen molar-refractivity contribution in [1.29, 1.82) is 0 Å². The lowest BCUT2D eigenvalue weighted by Gasteiger charge is -2.18. The zero-order valence-electron chi connectivity index (χ0n) is 22.4. The van der Waals surface area contributed by atoms with Crippen LogP contribution < -0.4 is 14.8 Å². The standard InChI is InChI=1S/C30H31N3O6S2/c1-2-3-16-28(29(34)21-31-40(36,37)26-14-5-4-6-15-26)32-30(35)24-12-9-13-25(19-24)33-41(38,39)27-18-17-22-10-7-8-11-23(22)20-27/h4-15,17-20,28,31,33H,2-3,16,21H2,1H3,(H,32,35). The fraction of sp³-hybridized carbons (Fsp3) is 0.200. The van der Waals surface area contributed by atoms with Crippen molar-refractivity contribution >= 4 is 48.2 Å². The molecule has 4 rings (SSSR count). The number of Topliss-reactive ketones (excluding diaryl/α,β-unsaturated/α-hetero) is 1. The SMILES string of the molecule is CCCCC(NC(=O)c1cccc(NS(=O)(=O)c2ccc3ccccc3c2)c1)C(=O)CNS(=O)(=O)c1ccccc1. The van der Waals surface area contributed by atoms with Gasteiger partial charge in [-0.3, -0.25) is 14.3 Å². The second-order valence-corrected chi connectivity index (χ2v) is 12.9. The summed E-state index contributed by atoms with van der Waals surface area (Å²) in [6.07, 6.45) is 1.72. The van der Waals surface area contributed by atoms with Crippen LogP contribution in [0.25, 0.3) is 10.8 Å². The molecule has 0 heterocycles. The number of hydrogen-bond donors (Lipinski definition) is 3. The van der Waals surface area contributed by atoms with Crippen LogP contribution >= 0.6 is 0 Å². The van der Waals surface area contributed by atoms with Crippen LogP contribution in [0.5, 0.6) is 0 Å². The van der Waals surface area contributed by atoms with Crippen molar-refractivity contribution in [3.63, 3.8) is 0 Å². The first-order valence-electron chi connectivity index (χ1n) is 13.1. The first-order chi connectivity index (χ1) is 19.6. The van der Waals surface area contributed by atoms with E-state index < -0.39 is 44.3 Å². The van der Waals surface area contributed by atoms with Crippen molar-refractivity contribution in [2.45, 2.75) is 42.0 Å². The number of rotatable bonds is 13. The molecular formula is C30H31N3O6S2. The summed E-state index contributed by atoms with van der Waals surface area (Å²) < 4.78 is 56.0. The minimum Gasteiger partial charge on any atom is -0.342 e. The smallest absolute Gasteiger partial charge is 0.261 e. The van der Waals surface area contributed by atoms with Crippen LogP contribution in [0.15, 0.2) is 107 Å². The Kier molecular flexibility index (Phi) is 9.53. The van der Waals surface area contributed by atoms with Crippen LogP contribution in [0.2, 0.25) is 0 Å². The van der Waals surface area contributed by atoms with Crippen molar-refractivity contribution in [3.8, 4) is 0 Å². The minimum atomic E-state index is -3.94. The van der Waals surface area contributed by atoms with E-state index in [1.807, 2.05) is 31.2 Å². The van der Waals surface area contributed by atoms with E-state index in [0.29, 0.717) is 12.8 Å². The zero-order chi connectivity index (χ0) is 29.5. The highest BCUT2D eigenvalue weighted by atomic mass is 32.2. The number of anilines is 1. The van der Waals surface area contributed by atoms with E-state index in [2.05, 4.69) is 14.8 Å². The van der Waals surface area contributed by atoms with Crippen LogP contribution in [-0.2, 0) is 24.8 Å². The summed E-state index contributed by atoms with van der Waals surface area (Å²) in [5, 5.41) is 4.37. The molecule has 1 atom stereocenters. The van der Waals surface area contributed by atoms with Gasteiger partial charge >= 0.3 is 0 Å². The van der Waals surface area contributed by atoms with E-state index in [1.54, 1.807) is 30.3 Å². The number of carbonyl (C=O) groups excluding carboxylic acids is 2. The summed E-state index contributed by atoms with van der Waals surface area (Å²) in [6.45, 7) is 1.45. The number of benzene rings is 4. The number of sulfonamides is 2. The van der Waals surface area contributed by atoms with E-state index in [4.69, 9.17) is 0 Å². The van der Waals surface area contributed by atoms with Gasteiger partial charge in [-0.1, -0.05) is 74.4 Å². The Morgan fingerprint density at radius 2 is 1.44 bits per heavy atom. The maximum absolute atomic E-state index is 13.1. The molecule has 0 saturated carbocycles. The molecule has 4 aromatic carbocycles. The molecule has 1 unspecified atom stereocenters. The average Bonchev–Trinajstić information content (AvgIpc) is 2.98. The van der Waals surface area contributed by atoms with Crippen molar-refractivity contribution in [2.24, 2.45) is 0 Å². The van der Waals surface area contributed by atoms with Gasteiger partial charge in [0.25, 0.3) is 15.9 Å². The van der Waals surface area contributed by atoms with Crippen LogP contribution in [0, 0.1) is 0 Å². The lowest BCUT2D eigenvalue weighted by atomic mass is 10.0. The van der Waals surface area contributed by atoms with Crippen molar-refractivity contribution < 1.29 is 26.4 Å². The van der Waals surface area contributed by atoms with Crippen molar-refractivity contribution in [1.82, 2.24) is 10.0 Å². The highest BCUT2D eigenvalue weighted by molar-refractivity contribution is 7.92. The van der Waals surface area contributed by atoms with Gasteiger partial charge in [-0.2, -0.15) is 0 Å². The maximum atomic E-state index is 13.1. The fourth-order valence-corrected chi connectivity index (χ4v) is 6.31. The first-order valence-corrected chi connectivity index (χ1v) is 16.1. The molecule has 0 spiro atoms. The summed E-state index contributed by atoms with van der Waals surface area (Å²) in [5.74, 6) is -1.07. The number of nitrogens with one attached hydrogen (secondary N) is 3. The second-order valence-electron chi connectivity index (χ2n) is 9.47. The van der Waals surface area contributed by atoms with E-state index in [0.717, 1.165) is 17.2 Å². The molecule has 0 aromatic heterocycles. The third-order valence-electron chi connectivity index (χ3n) is 6.44. The number of hydrogen-bond acceptors (Lipinski definition) is 6. The van der Waals surface area contributed by atoms with Gasteiger partial charge in [-0.05, 0) is 59.7 Å². The molecule has 41 heavy (non-hydrogen) atoms. The largest absolute Gasteiger partial charge is 0.342 e. The Labute approximate surface area is 240 Å². The van der Waals surface area contributed by atoms with Gasteiger partial charge in [0, 0.05) is 11.3 Å². The van der Waals surface area contributed by atoms with Gasteiger partial charge < -0.3 is 5.32 Å². The molecule has 0 fully saturated rings. The molecule has 0 aliphatic carbocycles. The Morgan fingerprint density at radius 3 is 2.17 bits per heavy atom. The maximum Gasteiger partial charge on any atom is 0.261 e. The van der Waals surface area contributed by atoms with Crippen LogP contribution in [-0.4, -0.2) is 41.1 Å². The van der Waals surface area contributed by atoms with E-state index in [-0.39, 0.29) is 21.0 Å². The van der Waals surface area contributed by atoms with Gasteiger partial charge in [0.05, 0.1) is 22.4 Å². The van der Waals surface area contributed by atoms with Gasteiger partial charge in [0.2, 0.25) is 10.0 Å². The Morgan fingerprint density at radius 1 is 0.732 bits per heavy atom. The second kappa shape index (κ2) is 13.1. The van der Waals surface area contributed by atoms with Gasteiger partial charge in [-0.15, -0.1) is 0 Å². The molecule has 214 valence electrons. The number of ketones is 1. The first kappa shape index (κ1) is 29.9. The Balaban J connectivity index is 1.45. The summed E-state index contributed by atoms with van der Waals surface area (Å²) in [6, 6.07) is 24.9. The molecule has 0 saturated heterocycles. The lowest BCUT2D eigenvalue weighted by Crippen LogP contribution is -2.45. The predicted molar refractivity (Wildman–Crippen MR) is 159 cm³/mol. The van der Waals surface area contributed by atoms with Crippen molar-refractivity contribution in [3.05, 3.63) is 103 Å². The third-order valence-corrected chi connectivity index (χ3v) is 9.23. The molecule has 0 aliphatic heterocycles. The zero-order valence-corrected chi connectivity index (χ0v) is 24.0. The molecule has 0 bridgehead atoms. The number of fused-ring (bicyclic) bond motifs is 1. The van der Waals surface area contributed by atoms with Crippen LogP contribution in [0.1, 0.15) is 36.5 Å². The molecule has 3 N–H and O–H groups in total.